The van der Waals surface area contributed by atoms with Crippen LogP contribution in [0.1, 0.15) is 24.5 Å². The van der Waals surface area contributed by atoms with E-state index in [1.165, 1.54) is 5.56 Å². The molecule has 1 aromatic carbocycles. The van der Waals surface area contributed by atoms with Gasteiger partial charge in [-0.25, -0.2) is 0 Å². The van der Waals surface area contributed by atoms with E-state index >= 15 is 0 Å². The summed E-state index contributed by atoms with van der Waals surface area (Å²) in [6.45, 7) is 9.77. The number of aliphatic hydroxyl groups excluding tert-OH is 1. The quantitative estimate of drug-likeness (QED) is 0.566. The van der Waals surface area contributed by atoms with Crippen LogP contribution in [0.3, 0.4) is 0 Å². The molecule has 0 aliphatic carbocycles. The second kappa shape index (κ2) is 12.2. The van der Waals surface area contributed by atoms with Gasteiger partial charge >= 0.3 is 0 Å². The largest absolute Gasteiger partial charge is 0.493 e. The van der Waals surface area contributed by atoms with Crippen molar-refractivity contribution in [3.63, 3.8) is 0 Å². The molecule has 8 nitrogen and oxygen atoms in total. The molecule has 1 fully saturated rings. The monoisotopic (exact) mass is 445 g/mol. The number of ether oxygens (including phenoxy) is 2. The van der Waals surface area contributed by atoms with Gasteiger partial charge in [0.05, 0.1) is 13.3 Å². The minimum atomic E-state index is -0.538. The first-order chi connectivity index (χ1) is 15.5. The van der Waals surface area contributed by atoms with Crippen LogP contribution in [0.2, 0.25) is 0 Å². The van der Waals surface area contributed by atoms with Gasteiger partial charge in [0.2, 0.25) is 0 Å². The first kappa shape index (κ1) is 24.5. The topological polar surface area (TPSA) is 66.2 Å². The number of aromatic nitrogens is 2. The number of hydrogen-bond donors (Lipinski definition) is 1. The lowest BCUT2D eigenvalue weighted by Gasteiger charge is -2.24. The smallest absolute Gasteiger partial charge is 0.161 e. The number of hydrogen-bond acceptors (Lipinski definition) is 7. The molecule has 0 saturated carbocycles. The van der Waals surface area contributed by atoms with Gasteiger partial charge in [0.1, 0.15) is 12.7 Å². The Kier molecular flexibility index (Phi) is 9.35. The van der Waals surface area contributed by atoms with Gasteiger partial charge in [0, 0.05) is 51.5 Å². The molecule has 0 bridgehead atoms. The van der Waals surface area contributed by atoms with E-state index in [2.05, 4.69) is 46.0 Å². The predicted octanol–water partition coefficient (Wildman–Crippen LogP) is 1.83. The molecule has 3 rings (SSSR count). The van der Waals surface area contributed by atoms with Crippen molar-refractivity contribution in [2.45, 2.75) is 32.5 Å². The molecule has 2 heterocycles. The van der Waals surface area contributed by atoms with Crippen LogP contribution in [0.4, 0.5) is 0 Å². The molecule has 1 aliphatic heterocycles. The standard InChI is InChI=1S/C24H39N5O3/c1-5-28(17-21-14-25-27(3)15-21)16-20-7-8-23(31-4)24(13-20)32-19-22(30)18-29-10-6-9-26(2)11-12-29/h7-8,13-15,22,30H,5-6,9-12,16-19H2,1-4H3. The zero-order valence-corrected chi connectivity index (χ0v) is 20.0. The fourth-order valence-corrected chi connectivity index (χ4v) is 4.10. The van der Waals surface area contributed by atoms with Gasteiger partial charge in [-0.2, -0.15) is 5.10 Å². The number of nitrogens with zero attached hydrogens (tertiary/aromatic N) is 5. The summed E-state index contributed by atoms with van der Waals surface area (Å²) >= 11 is 0. The number of β-amino-alcohol motifs (C(OH)–C–C–N with tert-alkyl or cyclic N) is 1. The van der Waals surface area contributed by atoms with Crippen molar-refractivity contribution in [1.29, 1.82) is 0 Å². The summed E-state index contributed by atoms with van der Waals surface area (Å²) in [6.07, 6.45) is 4.56. The molecule has 2 aromatic rings. The van der Waals surface area contributed by atoms with E-state index in [0.29, 0.717) is 18.0 Å². The average molecular weight is 446 g/mol. The SMILES string of the molecule is CCN(Cc1ccc(OC)c(OCC(O)CN2CCCN(C)CC2)c1)Cc1cnn(C)c1. The van der Waals surface area contributed by atoms with Crippen molar-refractivity contribution in [3.05, 3.63) is 41.7 Å². The highest BCUT2D eigenvalue weighted by atomic mass is 16.5. The first-order valence-electron chi connectivity index (χ1n) is 11.6. The Morgan fingerprint density at radius 1 is 1.09 bits per heavy atom. The summed E-state index contributed by atoms with van der Waals surface area (Å²) in [5.74, 6) is 1.37. The normalized spacial score (nSPS) is 16.8. The maximum absolute atomic E-state index is 10.6. The Morgan fingerprint density at radius 2 is 1.91 bits per heavy atom. The fourth-order valence-electron chi connectivity index (χ4n) is 4.10. The van der Waals surface area contributed by atoms with Gasteiger partial charge in [-0.15, -0.1) is 0 Å². The van der Waals surface area contributed by atoms with Gasteiger partial charge in [0.15, 0.2) is 11.5 Å². The second-order valence-electron chi connectivity index (χ2n) is 8.73. The third-order valence-electron chi connectivity index (χ3n) is 5.96. The number of aliphatic hydroxyl groups is 1. The molecule has 178 valence electrons. The molecule has 0 amide bonds. The van der Waals surface area contributed by atoms with Gasteiger partial charge in [0.25, 0.3) is 0 Å². The van der Waals surface area contributed by atoms with Crippen LogP contribution >= 0.6 is 0 Å². The van der Waals surface area contributed by atoms with Gasteiger partial charge in [-0.05, 0) is 50.8 Å². The molecule has 1 unspecified atom stereocenters. The van der Waals surface area contributed by atoms with Crippen LogP contribution in [-0.2, 0) is 20.1 Å². The molecule has 1 aliphatic rings. The van der Waals surface area contributed by atoms with Crippen molar-refractivity contribution in [1.82, 2.24) is 24.5 Å². The highest BCUT2D eigenvalue weighted by molar-refractivity contribution is 5.43. The first-order valence-corrected chi connectivity index (χ1v) is 11.6. The van der Waals surface area contributed by atoms with E-state index < -0.39 is 6.10 Å². The molecule has 1 N–H and O–H groups in total. The molecule has 0 spiro atoms. The summed E-state index contributed by atoms with van der Waals surface area (Å²) in [7, 11) is 5.73. The third kappa shape index (κ3) is 7.48. The Morgan fingerprint density at radius 3 is 2.62 bits per heavy atom. The second-order valence-corrected chi connectivity index (χ2v) is 8.73. The predicted molar refractivity (Wildman–Crippen MR) is 126 cm³/mol. The van der Waals surface area contributed by atoms with Crippen LogP contribution in [0.5, 0.6) is 11.5 Å². The van der Waals surface area contributed by atoms with E-state index in [-0.39, 0.29) is 6.61 Å². The van der Waals surface area contributed by atoms with Crippen LogP contribution in [-0.4, -0.2) is 95.7 Å². The zero-order valence-electron chi connectivity index (χ0n) is 20.0. The molecule has 1 saturated heterocycles. The minimum absolute atomic E-state index is 0.249. The summed E-state index contributed by atoms with van der Waals surface area (Å²) < 4.78 is 13.3. The highest BCUT2D eigenvalue weighted by Crippen LogP contribution is 2.29. The van der Waals surface area contributed by atoms with Crippen molar-refractivity contribution >= 4 is 0 Å². The van der Waals surface area contributed by atoms with Crippen molar-refractivity contribution < 1.29 is 14.6 Å². The van der Waals surface area contributed by atoms with Crippen molar-refractivity contribution in [3.8, 4) is 11.5 Å². The Labute approximate surface area is 192 Å². The van der Waals surface area contributed by atoms with Gasteiger partial charge in [-0.1, -0.05) is 13.0 Å². The maximum Gasteiger partial charge on any atom is 0.161 e. The lowest BCUT2D eigenvalue weighted by molar-refractivity contribution is 0.0685. The Balaban J connectivity index is 1.56. The zero-order chi connectivity index (χ0) is 22.9. The van der Waals surface area contributed by atoms with E-state index in [4.69, 9.17) is 9.47 Å². The number of likely N-dealkylation sites (N-methyl/N-ethyl adjacent to an activating group) is 1. The number of rotatable bonds is 11. The Bertz CT molecular complexity index is 828. The van der Waals surface area contributed by atoms with Crippen molar-refractivity contribution in [2.75, 3.05) is 60.0 Å². The third-order valence-corrected chi connectivity index (χ3v) is 5.96. The molecular formula is C24H39N5O3. The van der Waals surface area contributed by atoms with E-state index in [0.717, 1.165) is 57.8 Å². The number of methoxy groups -OCH3 is 1. The molecule has 8 heteroatoms. The van der Waals surface area contributed by atoms with E-state index in [1.54, 1.807) is 7.11 Å². The molecule has 1 atom stereocenters. The number of aryl methyl sites for hydroxylation is 1. The summed E-state index contributed by atoms with van der Waals surface area (Å²) in [5, 5.41) is 14.8. The Hall–Kier alpha value is -2.13. The summed E-state index contributed by atoms with van der Waals surface area (Å²) in [4.78, 5) is 7.02. The van der Waals surface area contributed by atoms with Gasteiger partial charge < -0.3 is 19.5 Å². The average Bonchev–Trinajstić information content (AvgIpc) is 3.08. The highest BCUT2D eigenvalue weighted by Gasteiger charge is 2.17. The van der Waals surface area contributed by atoms with Crippen LogP contribution in [0, 0.1) is 0 Å². The minimum Gasteiger partial charge on any atom is -0.493 e. The van der Waals surface area contributed by atoms with Crippen LogP contribution < -0.4 is 9.47 Å². The van der Waals surface area contributed by atoms with E-state index in [9.17, 15) is 5.11 Å². The molecule has 1 aromatic heterocycles. The number of benzene rings is 1. The molecule has 0 radical (unpaired) electrons. The molecular weight excluding hydrogens is 406 g/mol. The lowest BCUT2D eigenvalue weighted by atomic mass is 10.1. The van der Waals surface area contributed by atoms with Crippen LogP contribution in [0.25, 0.3) is 0 Å². The lowest BCUT2D eigenvalue weighted by Crippen LogP contribution is -2.37. The van der Waals surface area contributed by atoms with E-state index in [1.807, 2.05) is 30.1 Å². The summed E-state index contributed by atoms with van der Waals surface area (Å²) in [6, 6.07) is 6.04. The maximum atomic E-state index is 10.6. The molecule has 32 heavy (non-hydrogen) atoms. The van der Waals surface area contributed by atoms with Crippen LogP contribution in [0.15, 0.2) is 30.6 Å². The fraction of sp³-hybridized carbons (Fsp3) is 0.625. The summed E-state index contributed by atoms with van der Waals surface area (Å²) in [5.41, 5.74) is 2.35. The van der Waals surface area contributed by atoms with Crippen molar-refractivity contribution in [2.24, 2.45) is 7.05 Å². The van der Waals surface area contributed by atoms with Gasteiger partial charge in [-0.3, -0.25) is 14.5 Å².